The average molecular weight is 365 g/mol. The first-order chi connectivity index (χ1) is 12.6. The topological polar surface area (TPSA) is 71.1 Å². The number of nitrogens with zero attached hydrogens (tertiary/aromatic N) is 2. The summed E-state index contributed by atoms with van der Waals surface area (Å²) in [4.78, 5) is 28.4. The van der Waals surface area contributed by atoms with Gasteiger partial charge in [0.15, 0.2) is 6.10 Å². The van der Waals surface area contributed by atoms with Crippen LogP contribution < -0.4 is 5.32 Å². The van der Waals surface area contributed by atoms with E-state index in [0.717, 1.165) is 19.6 Å². The van der Waals surface area contributed by atoms with E-state index in [1.165, 1.54) is 17.0 Å². The lowest BCUT2D eigenvalue weighted by atomic mass is 9.97. The van der Waals surface area contributed by atoms with Crippen molar-refractivity contribution < 1.29 is 23.5 Å². The van der Waals surface area contributed by atoms with Gasteiger partial charge in [-0.05, 0) is 17.7 Å². The number of halogens is 1. The van der Waals surface area contributed by atoms with E-state index in [1.807, 2.05) is 0 Å². The molecule has 2 fully saturated rings. The first-order valence-electron chi connectivity index (χ1n) is 8.77. The molecule has 2 heterocycles. The molecule has 142 valence electrons. The highest BCUT2D eigenvalue weighted by Gasteiger charge is 2.39. The van der Waals surface area contributed by atoms with Crippen molar-refractivity contribution in [1.82, 2.24) is 15.1 Å². The van der Waals surface area contributed by atoms with E-state index in [0.29, 0.717) is 25.3 Å². The minimum atomic E-state index is -0.826. The lowest BCUT2D eigenvalue weighted by Gasteiger charge is -2.38. The summed E-state index contributed by atoms with van der Waals surface area (Å²) in [6.45, 7) is 4.20. The van der Waals surface area contributed by atoms with Gasteiger partial charge in [0.25, 0.3) is 5.91 Å². The van der Waals surface area contributed by atoms with Crippen LogP contribution in [0.2, 0.25) is 0 Å². The number of carbonyl (C=O) groups is 2. The van der Waals surface area contributed by atoms with Crippen LogP contribution >= 0.6 is 0 Å². The SMILES string of the molecule is CN1C(=O)CO[C@H](C(=O)NCCN2CCOCC2)[C@@H]1c1ccc(F)cc1. The fourth-order valence-electron chi connectivity index (χ4n) is 3.25. The van der Waals surface area contributed by atoms with E-state index < -0.39 is 12.1 Å². The van der Waals surface area contributed by atoms with Crippen molar-refractivity contribution in [2.75, 3.05) is 53.0 Å². The maximum absolute atomic E-state index is 13.2. The van der Waals surface area contributed by atoms with Gasteiger partial charge in [0.05, 0.1) is 19.3 Å². The van der Waals surface area contributed by atoms with Gasteiger partial charge >= 0.3 is 0 Å². The van der Waals surface area contributed by atoms with Crippen molar-refractivity contribution in [3.63, 3.8) is 0 Å². The van der Waals surface area contributed by atoms with Crippen LogP contribution in [0.15, 0.2) is 24.3 Å². The van der Waals surface area contributed by atoms with Gasteiger partial charge in [-0.2, -0.15) is 0 Å². The average Bonchev–Trinajstić information content (AvgIpc) is 2.65. The van der Waals surface area contributed by atoms with E-state index in [1.54, 1.807) is 19.2 Å². The van der Waals surface area contributed by atoms with Crippen molar-refractivity contribution in [3.05, 3.63) is 35.6 Å². The third-order valence-electron chi connectivity index (χ3n) is 4.78. The maximum Gasteiger partial charge on any atom is 0.251 e. The van der Waals surface area contributed by atoms with E-state index in [9.17, 15) is 14.0 Å². The van der Waals surface area contributed by atoms with Gasteiger partial charge in [0.2, 0.25) is 5.91 Å². The Morgan fingerprint density at radius 1 is 1.27 bits per heavy atom. The standard InChI is InChI=1S/C18H24FN3O4/c1-21-15(23)12-26-17(16(21)13-2-4-14(19)5-3-13)18(24)20-6-7-22-8-10-25-11-9-22/h2-5,16-17H,6-12H2,1H3,(H,20,24)/t16-,17-/m0/s1. The monoisotopic (exact) mass is 365 g/mol. The quantitative estimate of drug-likeness (QED) is 0.806. The largest absolute Gasteiger partial charge is 0.379 e. The number of likely N-dealkylation sites (N-methyl/N-ethyl adjacent to an activating group) is 1. The van der Waals surface area contributed by atoms with Gasteiger partial charge in [-0.3, -0.25) is 14.5 Å². The van der Waals surface area contributed by atoms with Crippen molar-refractivity contribution in [2.45, 2.75) is 12.1 Å². The van der Waals surface area contributed by atoms with Crippen LogP contribution in [0.3, 0.4) is 0 Å². The molecule has 2 atom stereocenters. The van der Waals surface area contributed by atoms with E-state index in [2.05, 4.69) is 10.2 Å². The van der Waals surface area contributed by atoms with Crippen LogP contribution in [0, 0.1) is 5.82 Å². The number of carbonyl (C=O) groups excluding carboxylic acids is 2. The summed E-state index contributed by atoms with van der Waals surface area (Å²) >= 11 is 0. The Labute approximate surface area is 152 Å². The zero-order valence-corrected chi connectivity index (χ0v) is 14.8. The summed E-state index contributed by atoms with van der Waals surface area (Å²) in [6, 6.07) is 5.20. The molecular weight excluding hydrogens is 341 g/mol. The van der Waals surface area contributed by atoms with Crippen molar-refractivity contribution >= 4 is 11.8 Å². The van der Waals surface area contributed by atoms with Crippen molar-refractivity contribution in [2.24, 2.45) is 0 Å². The second-order valence-electron chi connectivity index (χ2n) is 6.48. The van der Waals surface area contributed by atoms with Gasteiger partial charge in [-0.15, -0.1) is 0 Å². The number of nitrogens with one attached hydrogen (secondary N) is 1. The molecule has 2 aliphatic rings. The molecule has 1 aromatic rings. The minimum Gasteiger partial charge on any atom is -0.379 e. The highest BCUT2D eigenvalue weighted by molar-refractivity contribution is 5.86. The molecule has 26 heavy (non-hydrogen) atoms. The van der Waals surface area contributed by atoms with Crippen LogP contribution in [0.25, 0.3) is 0 Å². The number of ether oxygens (including phenoxy) is 2. The molecule has 0 saturated carbocycles. The molecule has 1 aromatic carbocycles. The van der Waals surface area contributed by atoms with Crippen molar-refractivity contribution in [3.8, 4) is 0 Å². The zero-order valence-electron chi connectivity index (χ0n) is 14.8. The molecule has 2 saturated heterocycles. The molecule has 0 aliphatic carbocycles. The number of benzene rings is 1. The van der Waals surface area contributed by atoms with Crippen LogP contribution in [0.1, 0.15) is 11.6 Å². The highest BCUT2D eigenvalue weighted by Crippen LogP contribution is 2.29. The predicted octanol–water partition coefficient (Wildman–Crippen LogP) is 0.172. The molecule has 2 aliphatic heterocycles. The lowest BCUT2D eigenvalue weighted by Crippen LogP contribution is -2.53. The van der Waals surface area contributed by atoms with Crippen molar-refractivity contribution in [1.29, 1.82) is 0 Å². The number of hydrogen-bond donors (Lipinski definition) is 1. The zero-order chi connectivity index (χ0) is 18.5. The number of hydrogen-bond acceptors (Lipinski definition) is 5. The predicted molar refractivity (Wildman–Crippen MR) is 91.9 cm³/mol. The first-order valence-corrected chi connectivity index (χ1v) is 8.77. The number of rotatable bonds is 5. The van der Waals surface area contributed by atoms with Gasteiger partial charge in [0.1, 0.15) is 12.4 Å². The molecule has 0 unspecified atom stereocenters. The van der Waals surface area contributed by atoms with E-state index in [4.69, 9.17) is 9.47 Å². The third-order valence-corrected chi connectivity index (χ3v) is 4.78. The molecule has 0 aromatic heterocycles. The van der Waals surface area contributed by atoms with Gasteiger partial charge in [0, 0.05) is 33.2 Å². The Bertz CT molecular complexity index is 634. The second-order valence-corrected chi connectivity index (χ2v) is 6.48. The summed E-state index contributed by atoms with van der Waals surface area (Å²) in [7, 11) is 1.63. The molecule has 8 heteroatoms. The number of amides is 2. The van der Waals surface area contributed by atoms with Crippen LogP contribution in [0.5, 0.6) is 0 Å². The van der Waals surface area contributed by atoms with E-state index >= 15 is 0 Å². The molecule has 1 N–H and O–H groups in total. The number of morpholine rings is 2. The smallest absolute Gasteiger partial charge is 0.251 e. The van der Waals surface area contributed by atoms with Crippen LogP contribution in [-0.4, -0.2) is 80.8 Å². The summed E-state index contributed by atoms with van der Waals surface area (Å²) in [5.74, 6) is -0.852. The van der Waals surface area contributed by atoms with E-state index in [-0.39, 0.29) is 24.2 Å². The Balaban J connectivity index is 1.63. The van der Waals surface area contributed by atoms with Gasteiger partial charge in [-0.1, -0.05) is 12.1 Å². The van der Waals surface area contributed by atoms with Gasteiger partial charge < -0.3 is 19.7 Å². The summed E-state index contributed by atoms with van der Waals surface area (Å²) in [6.07, 6.45) is -0.826. The Kier molecular flexibility index (Phi) is 6.18. The fraction of sp³-hybridized carbons (Fsp3) is 0.556. The molecule has 0 spiro atoms. The highest BCUT2D eigenvalue weighted by atomic mass is 19.1. The molecule has 2 amide bonds. The maximum atomic E-state index is 13.2. The van der Waals surface area contributed by atoms with Crippen LogP contribution in [0.4, 0.5) is 4.39 Å². The molecule has 0 radical (unpaired) electrons. The normalized spacial score (nSPS) is 24.5. The minimum absolute atomic E-state index is 0.143. The summed E-state index contributed by atoms with van der Waals surface area (Å²) in [5, 5.41) is 2.89. The lowest BCUT2D eigenvalue weighted by molar-refractivity contribution is -0.162. The first kappa shape index (κ1) is 18.8. The molecule has 0 bridgehead atoms. The second kappa shape index (κ2) is 8.57. The Morgan fingerprint density at radius 2 is 1.96 bits per heavy atom. The Hall–Kier alpha value is -2.03. The fourth-order valence-corrected chi connectivity index (χ4v) is 3.25. The molecule has 7 nitrogen and oxygen atoms in total. The molecule has 3 rings (SSSR count). The van der Waals surface area contributed by atoms with Gasteiger partial charge in [-0.25, -0.2) is 4.39 Å². The summed E-state index contributed by atoms with van der Waals surface area (Å²) in [5.41, 5.74) is 0.662. The Morgan fingerprint density at radius 3 is 2.65 bits per heavy atom. The van der Waals surface area contributed by atoms with Crippen LogP contribution in [-0.2, 0) is 19.1 Å². The molecular formula is C18H24FN3O4. The summed E-state index contributed by atoms with van der Waals surface area (Å²) < 4.78 is 24.1. The third kappa shape index (κ3) is 4.38.